The molecule has 0 aliphatic carbocycles. The van der Waals surface area contributed by atoms with Crippen molar-refractivity contribution < 1.29 is 24.0 Å². The van der Waals surface area contributed by atoms with Crippen LogP contribution in [0.25, 0.3) is 0 Å². The van der Waals surface area contributed by atoms with Gasteiger partial charge in [0.15, 0.2) is 0 Å². The molecule has 0 aromatic rings. The van der Waals surface area contributed by atoms with Crippen LogP contribution in [0.4, 0.5) is 0 Å². The van der Waals surface area contributed by atoms with Gasteiger partial charge in [0.2, 0.25) is 0 Å². The minimum Gasteiger partial charge on any atom is -0.325 e. The molecule has 0 fully saturated rings. The summed E-state index contributed by atoms with van der Waals surface area (Å²) in [6.07, 6.45) is 2.62. The predicted octanol–water partition coefficient (Wildman–Crippen LogP) is 4.02. The molecule has 0 aliphatic rings. The lowest BCUT2D eigenvalue weighted by Crippen LogP contribution is -1.86. The average molecular weight is 328 g/mol. The van der Waals surface area contributed by atoms with Crippen LogP contribution in [0, 0.1) is 0 Å². The molecule has 0 amide bonds. The highest BCUT2D eigenvalue weighted by Gasteiger charge is 2.04. The Hall–Kier alpha value is 1.63. The van der Waals surface area contributed by atoms with Gasteiger partial charge in [0.1, 0.15) is 0 Å². The van der Waals surface area contributed by atoms with Gasteiger partial charge < -0.3 is 4.89 Å². The fourth-order valence-corrected chi connectivity index (χ4v) is 4.04. The molecule has 0 aromatic carbocycles. The van der Waals surface area contributed by atoms with Gasteiger partial charge in [0.25, 0.3) is 0 Å². The molecule has 0 bridgehead atoms. The Kier molecular flexibility index (Phi) is 23.7. The maximum atomic E-state index is 8.42. The fraction of sp³-hybridized carbons (Fsp3) is 1.00. The van der Waals surface area contributed by atoms with Crippen molar-refractivity contribution >= 4 is 50.7 Å². The Labute approximate surface area is 114 Å². The number of hydrogen-bond acceptors (Lipinski definition) is 9. The highest BCUT2D eigenvalue weighted by molar-refractivity contribution is 9.23. The van der Waals surface area contributed by atoms with E-state index in [9.17, 15) is 0 Å². The van der Waals surface area contributed by atoms with E-state index in [0.717, 1.165) is 0 Å². The van der Waals surface area contributed by atoms with Gasteiger partial charge in [0.05, 0.1) is 14.2 Å². The maximum Gasteiger partial charge on any atom is 0.389 e. The topological polar surface area (TPSA) is 57.2 Å². The Bertz CT molecular complexity index is 113. The van der Waals surface area contributed by atoms with Gasteiger partial charge in [-0.2, -0.15) is 9.35 Å². The zero-order valence-corrected chi connectivity index (χ0v) is 13.6. The van der Waals surface area contributed by atoms with Crippen LogP contribution >= 0.6 is 50.7 Å². The van der Waals surface area contributed by atoms with Crippen LogP contribution in [0.1, 0.15) is 19.8 Å². The summed E-state index contributed by atoms with van der Waals surface area (Å²) in [6, 6.07) is 0. The molecule has 0 spiro atoms. The average Bonchev–Trinajstić information content (AvgIpc) is 2.26. The molecule has 0 heterocycles. The highest BCUT2D eigenvalue weighted by atomic mass is 33.7. The number of hydrogen-bond donors (Lipinski definition) is 2. The molecule has 0 aliphatic heterocycles. The van der Waals surface area contributed by atoms with Crippen molar-refractivity contribution in [2.75, 3.05) is 20.0 Å². The van der Waals surface area contributed by atoms with Crippen molar-refractivity contribution in [2.45, 2.75) is 19.8 Å². The molecule has 0 radical (unpaired) electrons. The van der Waals surface area contributed by atoms with Gasteiger partial charge in [-0.25, -0.2) is 9.78 Å². The first-order chi connectivity index (χ1) is 7.72. The second-order valence-electron chi connectivity index (χ2n) is 2.04. The van der Waals surface area contributed by atoms with Crippen molar-refractivity contribution in [2.24, 2.45) is 0 Å². The smallest absolute Gasteiger partial charge is 0.325 e. The summed E-state index contributed by atoms with van der Waals surface area (Å²) >= 11 is 3.98. The summed E-state index contributed by atoms with van der Waals surface area (Å²) in [5.41, 5.74) is 0. The fourth-order valence-electron chi connectivity index (χ4n) is 0.399. The highest BCUT2D eigenvalue weighted by Crippen LogP contribution is 2.37. The molecule has 0 aromatic heterocycles. The van der Waals surface area contributed by atoms with Crippen LogP contribution in [0.15, 0.2) is 0 Å². The summed E-state index contributed by atoms with van der Waals surface area (Å²) in [6.45, 7) is 2.21. The van der Waals surface area contributed by atoms with E-state index in [1.807, 2.05) is 10.8 Å². The molecule has 0 unspecified atom stereocenters. The third-order valence-electron chi connectivity index (χ3n) is 0.936. The molecular formula is C6H17O5PS4. The molecule has 0 saturated carbocycles. The van der Waals surface area contributed by atoms with Crippen molar-refractivity contribution in [3.63, 3.8) is 0 Å². The van der Waals surface area contributed by atoms with Gasteiger partial charge in [0, 0.05) is 5.75 Å². The van der Waals surface area contributed by atoms with Gasteiger partial charge in [-0.15, -0.1) is 0 Å². The minimum atomic E-state index is -2.03. The monoisotopic (exact) mass is 328 g/mol. The van der Waals surface area contributed by atoms with E-state index in [4.69, 9.17) is 4.89 Å². The summed E-state index contributed by atoms with van der Waals surface area (Å²) in [7, 11) is 5.64. The van der Waals surface area contributed by atoms with Crippen LogP contribution in [0.5, 0.6) is 0 Å². The van der Waals surface area contributed by atoms with E-state index in [1.165, 1.54) is 42.6 Å². The van der Waals surface area contributed by atoms with E-state index >= 15 is 0 Å². The minimum absolute atomic E-state index is 1.25. The largest absolute Gasteiger partial charge is 0.389 e. The SMILES string of the molecule is CCCCSSSS.COOP(O)OOC. The zero-order chi connectivity index (χ0) is 12.6. The van der Waals surface area contributed by atoms with Crippen molar-refractivity contribution in [3.05, 3.63) is 0 Å². The molecule has 0 rings (SSSR count). The van der Waals surface area contributed by atoms with Gasteiger partial charge in [-0.05, 0) is 26.1 Å². The third kappa shape index (κ3) is 21.0. The lowest BCUT2D eigenvalue weighted by atomic mass is 10.4. The summed E-state index contributed by atoms with van der Waals surface area (Å²) < 4.78 is 8.11. The maximum absolute atomic E-state index is 8.42. The van der Waals surface area contributed by atoms with Gasteiger partial charge in [-0.3, -0.25) is 0 Å². The zero-order valence-electron chi connectivity index (χ0n) is 9.32. The van der Waals surface area contributed by atoms with E-state index in [0.29, 0.717) is 0 Å². The molecule has 5 nitrogen and oxygen atoms in total. The third-order valence-corrected chi connectivity index (χ3v) is 6.13. The molecule has 16 heavy (non-hydrogen) atoms. The Morgan fingerprint density at radius 3 is 2.19 bits per heavy atom. The summed E-state index contributed by atoms with van der Waals surface area (Å²) in [5, 5.41) is 0. The molecule has 1 N–H and O–H groups in total. The van der Waals surface area contributed by atoms with E-state index in [1.54, 1.807) is 9.83 Å². The van der Waals surface area contributed by atoms with Crippen LogP contribution < -0.4 is 0 Å². The summed E-state index contributed by atoms with van der Waals surface area (Å²) in [4.78, 5) is 16.5. The first kappa shape index (κ1) is 20.0. The van der Waals surface area contributed by atoms with E-state index in [-0.39, 0.29) is 0 Å². The van der Waals surface area contributed by atoms with Crippen molar-refractivity contribution in [1.82, 2.24) is 0 Å². The van der Waals surface area contributed by atoms with Gasteiger partial charge in [-0.1, -0.05) is 35.8 Å². The van der Waals surface area contributed by atoms with Crippen molar-refractivity contribution in [3.8, 4) is 0 Å². The van der Waals surface area contributed by atoms with Gasteiger partial charge >= 0.3 is 8.60 Å². The molecule has 0 atom stereocenters. The number of unbranched alkanes of at least 4 members (excludes halogenated alkanes) is 1. The normalized spacial score (nSPS) is 10.1. The van der Waals surface area contributed by atoms with Crippen LogP contribution in [-0.4, -0.2) is 24.9 Å². The molecule has 10 heteroatoms. The lowest BCUT2D eigenvalue weighted by molar-refractivity contribution is -0.242. The lowest BCUT2D eigenvalue weighted by Gasteiger charge is -2.02. The molecule has 0 saturated heterocycles. The van der Waals surface area contributed by atoms with E-state index < -0.39 is 8.60 Å². The number of thiol groups is 1. The Balaban J connectivity index is 0. The Morgan fingerprint density at radius 2 is 1.81 bits per heavy atom. The van der Waals surface area contributed by atoms with E-state index in [2.05, 4.69) is 37.7 Å². The second kappa shape index (κ2) is 19.0. The number of rotatable bonds is 9. The second-order valence-corrected chi connectivity index (χ2v) is 7.87. The molecule has 100 valence electrons. The van der Waals surface area contributed by atoms with Crippen LogP contribution in [0.2, 0.25) is 0 Å². The van der Waals surface area contributed by atoms with Crippen LogP contribution in [0.3, 0.4) is 0 Å². The first-order valence-corrected chi connectivity index (χ1v) is 10.1. The standard InChI is InChI=1S/C4H10S4.C2H7O5P/c1-2-3-4-6-8-7-5;1-4-6-8(3)7-5-2/h5H,2-4H2,1H3;3H,1-2H3. The summed E-state index contributed by atoms with van der Waals surface area (Å²) in [5.74, 6) is 1.26. The Morgan fingerprint density at radius 1 is 1.25 bits per heavy atom. The predicted molar refractivity (Wildman–Crippen MR) is 76.9 cm³/mol. The first-order valence-electron chi connectivity index (χ1n) is 4.23. The quantitative estimate of drug-likeness (QED) is 0.164. The van der Waals surface area contributed by atoms with Crippen LogP contribution in [-0.2, 0) is 19.1 Å². The molecular weight excluding hydrogens is 311 g/mol. The van der Waals surface area contributed by atoms with Crippen molar-refractivity contribution in [1.29, 1.82) is 0 Å².